The van der Waals surface area contributed by atoms with Crippen LogP contribution in [0, 0.1) is 13.8 Å². The van der Waals surface area contributed by atoms with Crippen molar-refractivity contribution in [1.82, 2.24) is 0 Å². The summed E-state index contributed by atoms with van der Waals surface area (Å²) in [5.41, 5.74) is 4.57. The number of carbonyl (C=O) groups is 2. The van der Waals surface area contributed by atoms with E-state index in [0.717, 1.165) is 24.5 Å². The normalized spacial score (nSPS) is 9.65. The summed E-state index contributed by atoms with van der Waals surface area (Å²) in [7, 11) is 0. The first-order valence-corrected chi connectivity index (χ1v) is 13.8. The molecule has 0 heterocycles. The van der Waals surface area contributed by atoms with Crippen LogP contribution in [-0.2, 0) is 9.59 Å². The van der Waals surface area contributed by atoms with Gasteiger partial charge in [-0.2, -0.15) is 0 Å². The van der Waals surface area contributed by atoms with Crippen LogP contribution in [0.5, 0.6) is 0 Å². The maximum atomic E-state index is 11.9. The van der Waals surface area contributed by atoms with Crippen molar-refractivity contribution in [2.45, 2.75) is 53.4 Å². The van der Waals surface area contributed by atoms with Gasteiger partial charge in [-0.25, -0.2) is 0 Å². The molecule has 2 aromatic carbocycles. The highest BCUT2D eigenvalue weighted by Crippen LogP contribution is 2.14. The lowest BCUT2D eigenvalue weighted by Crippen LogP contribution is -2.08. The highest BCUT2D eigenvalue weighted by molar-refractivity contribution is 8.14. The Morgan fingerprint density at radius 1 is 0.676 bits per heavy atom. The monoisotopic (exact) mass is 502 g/mol. The second-order valence-electron chi connectivity index (χ2n) is 7.53. The summed E-state index contributed by atoms with van der Waals surface area (Å²) in [4.78, 5) is 23.8. The lowest BCUT2D eigenvalue weighted by atomic mass is 10.2. The molecule has 0 spiro atoms. The van der Waals surface area contributed by atoms with Crippen LogP contribution in [0.25, 0.3) is 0 Å². The molecule has 0 saturated carbocycles. The van der Waals surface area contributed by atoms with Crippen molar-refractivity contribution < 1.29 is 9.59 Å². The molecule has 0 radical (unpaired) electrons. The Labute approximate surface area is 215 Å². The third-order valence-corrected chi connectivity index (χ3v) is 6.39. The van der Waals surface area contributed by atoms with Crippen LogP contribution in [0.3, 0.4) is 0 Å². The SMILES string of the molecule is C=C.CCCC.Cc1ccc(NCCSC(=O)CCC(=O)SCCNc2ccc(C)cc2)cc1. The summed E-state index contributed by atoms with van der Waals surface area (Å²) in [5.74, 6) is 1.41. The molecule has 6 heteroatoms. The number of rotatable bonds is 12. The molecule has 0 aromatic heterocycles. The molecule has 0 amide bonds. The zero-order chi connectivity index (χ0) is 25.6. The maximum absolute atomic E-state index is 11.9. The van der Waals surface area contributed by atoms with Gasteiger partial charge in [0, 0.05) is 48.8 Å². The molecule has 2 rings (SSSR count). The van der Waals surface area contributed by atoms with Gasteiger partial charge in [-0.15, -0.1) is 13.2 Å². The zero-order valence-corrected chi connectivity index (χ0v) is 23.0. The molecule has 0 atom stereocenters. The van der Waals surface area contributed by atoms with Gasteiger partial charge in [0.15, 0.2) is 10.2 Å². The van der Waals surface area contributed by atoms with Crippen molar-refractivity contribution in [2.75, 3.05) is 35.2 Å². The summed E-state index contributed by atoms with van der Waals surface area (Å²) in [6.45, 7) is 15.9. The number of hydrogen-bond acceptors (Lipinski definition) is 6. The molecule has 0 aliphatic rings. The van der Waals surface area contributed by atoms with Crippen LogP contribution < -0.4 is 10.6 Å². The molecular formula is C28H42N2O2S2. The number of nitrogens with one attached hydrogen (secondary N) is 2. The van der Waals surface area contributed by atoms with E-state index in [1.165, 1.54) is 47.5 Å². The lowest BCUT2D eigenvalue weighted by molar-refractivity contribution is -0.115. The molecule has 4 nitrogen and oxygen atoms in total. The number of carbonyl (C=O) groups excluding carboxylic acids is 2. The highest BCUT2D eigenvalue weighted by Gasteiger charge is 2.08. The summed E-state index contributed by atoms with van der Waals surface area (Å²) >= 11 is 2.58. The van der Waals surface area contributed by atoms with Crippen LogP contribution in [0.15, 0.2) is 61.7 Å². The third kappa shape index (κ3) is 17.3. The number of hydrogen-bond donors (Lipinski definition) is 2. The molecule has 2 N–H and O–H groups in total. The van der Waals surface area contributed by atoms with Gasteiger partial charge in [-0.1, -0.05) is 85.6 Å². The number of thioether (sulfide) groups is 2. The van der Waals surface area contributed by atoms with Crippen LogP contribution in [-0.4, -0.2) is 34.8 Å². The molecule has 0 fully saturated rings. The van der Waals surface area contributed by atoms with Gasteiger partial charge in [-0.05, 0) is 38.1 Å². The van der Waals surface area contributed by atoms with Crippen molar-refractivity contribution in [2.24, 2.45) is 0 Å². The Bertz CT molecular complexity index is 726. The minimum atomic E-state index is 0.0810. The highest BCUT2D eigenvalue weighted by atomic mass is 32.2. The molecule has 0 aliphatic carbocycles. The fourth-order valence-corrected chi connectivity index (χ4v) is 3.77. The number of unbranched alkanes of at least 4 members (excludes halogenated alkanes) is 1. The maximum Gasteiger partial charge on any atom is 0.189 e. The van der Waals surface area contributed by atoms with Crippen molar-refractivity contribution >= 4 is 45.1 Å². The average molecular weight is 503 g/mol. The Balaban J connectivity index is 0.00000164. The summed E-state index contributed by atoms with van der Waals surface area (Å²) in [5, 5.41) is 6.75. The van der Waals surface area contributed by atoms with E-state index < -0.39 is 0 Å². The summed E-state index contributed by atoms with van der Waals surface area (Å²) < 4.78 is 0. The molecule has 0 aliphatic heterocycles. The first-order chi connectivity index (χ1) is 16.4. The third-order valence-electron chi connectivity index (χ3n) is 4.52. The summed E-state index contributed by atoms with van der Waals surface area (Å²) in [6.07, 6.45) is 3.26. The van der Waals surface area contributed by atoms with Gasteiger partial charge in [0.05, 0.1) is 0 Å². The quantitative estimate of drug-likeness (QED) is 0.229. The largest absolute Gasteiger partial charge is 0.384 e. The predicted octanol–water partition coefficient (Wildman–Crippen LogP) is 7.74. The van der Waals surface area contributed by atoms with Crippen molar-refractivity contribution in [3.05, 3.63) is 72.8 Å². The van der Waals surface area contributed by atoms with E-state index in [4.69, 9.17) is 0 Å². The van der Waals surface area contributed by atoms with E-state index >= 15 is 0 Å². The van der Waals surface area contributed by atoms with Crippen LogP contribution in [0.1, 0.15) is 50.7 Å². The van der Waals surface area contributed by atoms with E-state index in [2.05, 4.69) is 75.8 Å². The van der Waals surface area contributed by atoms with Crippen molar-refractivity contribution in [3.63, 3.8) is 0 Å². The van der Waals surface area contributed by atoms with Crippen LogP contribution >= 0.6 is 23.5 Å². The van der Waals surface area contributed by atoms with Gasteiger partial charge < -0.3 is 10.6 Å². The minimum Gasteiger partial charge on any atom is -0.384 e. The van der Waals surface area contributed by atoms with Gasteiger partial charge >= 0.3 is 0 Å². The zero-order valence-electron chi connectivity index (χ0n) is 21.3. The Morgan fingerprint density at radius 2 is 1.00 bits per heavy atom. The van der Waals surface area contributed by atoms with Crippen molar-refractivity contribution in [1.29, 1.82) is 0 Å². The Kier molecular flexibility index (Phi) is 20.0. The molecule has 0 bridgehead atoms. The van der Waals surface area contributed by atoms with E-state index in [0.29, 0.717) is 24.3 Å². The Hall–Kier alpha value is -2.18. The van der Waals surface area contributed by atoms with Gasteiger partial charge in [0.2, 0.25) is 0 Å². The van der Waals surface area contributed by atoms with Gasteiger partial charge in [0.1, 0.15) is 0 Å². The molecule has 0 saturated heterocycles. The van der Waals surface area contributed by atoms with E-state index in [-0.39, 0.29) is 10.2 Å². The number of anilines is 2. The predicted molar refractivity (Wildman–Crippen MR) is 155 cm³/mol. The second kappa shape index (κ2) is 21.4. The molecule has 34 heavy (non-hydrogen) atoms. The number of aryl methyl sites for hydroxylation is 2. The smallest absolute Gasteiger partial charge is 0.189 e. The molecule has 188 valence electrons. The first-order valence-electron chi connectivity index (χ1n) is 11.9. The average Bonchev–Trinajstić information content (AvgIpc) is 2.86. The van der Waals surface area contributed by atoms with Crippen molar-refractivity contribution in [3.8, 4) is 0 Å². The second-order valence-corrected chi connectivity index (χ2v) is 9.83. The van der Waals surface area contributed by atoms with E-state index in [9.17, 15) is 9.59 Å². The lowest BCUT2D eigenvalue weighted by Gasteiger charge is -2.07. The minimum absolute atomic E-state index is 0.0810. The topological polar surface area (TPSA) is 58.2 Å². The van der Waals surface area contributed by atoms with Gasteiger partial charge in [-0.3, -0.25) is 9.59 Å². The summed E-state index contributed by atoms with van der Waals surface area (Å²) in [6, 6.07) is 16.4. The molecule has 2 aromatic rings. The molecule has 0 unspecified atom stereocenters. The fourth-order valence-electron chi connectivity index (χ4n) is 2.41. The first kappa shape index (κ1) is 31.8. The standard InChI is InChI=1S/C22H28N2O2S2.C4H10.C2H4/c1-17-3-7-19(8-4-17)23-13-15-27-21(25)11-12-22(26)28-16-14-24-20-9-5-18(2)6-10-20;1-3-4-2;1-2/h3-10,23-24H,11-16H2,1-2H3;3-4H2,1-2H3;1-2H2. The Morgan fingerprint density at radius 3 is 1.29 bits per heavy atom. The van der Waals surface area contributed by atoms with Gasteiger partial charge in [0.25, 0.3) is 0 Å². The van der Waals surface area contributed by atoms with E-state index in [1.807, 2.05) is 24.3 Å². The molecular weight excluding hydrogens is 460 g/mol. The van der Waals surface area contributed by atoms with E-state index in [1.54, 1.807) is 0 Å². The number of benzene rings is 2. The van der Waals surface area contributed by atoms with Crippen LogP contribution in [0.4, 0.5) is 11.4 Å². The fraction of sp³-hybridized carbons (Fsp3) is 0.429. The van der Waals surface area contributed by atoms with Crippen LogP contribution in [0.2, 0.25) is 0 Å².